The topological polar surface area (TPSA) is 139 Å². The number of aryl methyl sites for hydroxylation is 1. The molecule has 4 aromatic carbocycles. The number of halogens is 5. The average molecular weight is 883 g/mol. The van der Waals surface area contributed by atoms with Crippen LogP contribution in [0.2, 0.25) is 0 Å². The van der Waals surface area contributed by atoms with Crippen LogP contribution in [0.15, 0.2) is 77.8 Å². The first-order chi connectivity index (χ1) is 32.3. The Labute approximate surface area is 372 Å². The number of hydrogen-bond donors (Lipinski definition) is 3. The number of isothiocyanates is 1. The van der Waals surface area contributed by atoms with Gasteiger partial charge in [0.05, 0.1) is 45.7 Å². The molecule has 5 rings (SSSR count). The van der Waals surface area contributed by atoms with Gasteiger partial charge in [-0.3, -0.25) is 24.1 Å². The van der Waals surface area contributed by atoms with Gasteiger partial charge in [0.25, 0.3) is 23.4 Å². The van der Waals surface area contributed by atoms with E-state index >= 15 is 0 Å². The van der Waals surface area contributed by atoms with E-state index in [0.29, 0.717) is 10.5 Å². The lowest BCUT2D eigenvalue weighted by molar-refractivity contribution is -0.137. The van der Waals surface area contributed by atoms with Crippen LogP contribution in [0, 0.1) is 43.0 Å². The summed E-state index contributed by atoms with van der Waals surface area (Å²) in [6.45, 7) is 7.51. The molecule has 1 aliphatic rings. The lowest BCUT2D eigenvalue weighted by atomic mass is 10.0. The fourth-order valence-electron chi connectivity index (χ4n) is 5.19. The van der Waals surface area contributed by atoms with E-state index in [-0.39, 0.29) is 39.6 Å². The first-order valence-corrected chi connectivity index (χ1v) is 17.6. The van der Waals surface area contributed by atoms with Crippen LogP contribution in [0.4, 0.5) is 50.4 Å². The van der Waals surface area contributed by atoms with Crippen LogP contribution in [-0.4, -0.2) is 53.3 Å². The standard InChI is InChI=1S/C21H19FN4O2S.C12H14FN3O.C9H3F3N2S/c1-12-10-13(7-9-17(12)23-4)25-19(28)21(2,3)26(20(25)29)14-6-8-15(16(22)11-14)18(27)24-5;1-12(2,15-4)16-8-5-6-9(10(13)7-8)11(17)14-3;10-9(11,12)8-3-7(14-5-15)2-1-6(8)4-13/h6-11H,1-3,5H3,(H,24,27);5-7,16H,1-3H3,(H,14,17);1-3H/i2D3,3D3;1D3;. The van der Waals surface area contributed by atoms with Crippen molar-refractivity contribution in [1.82, 2.24) is 10.6 Å². The molecule has 1 unspecified atom stereocenters. The molecule has 3 amide bonds. The second-order valence-electron chi connectivity index (χ2n) is 12.4. The highest BCUT2D eigenvalue weighted by Crippen LogP contribution is 2.38. The number of nitrogens with one attached hydrogen (secondary N) is 3. The third-order valence-electron chi connectivity index (χ3n) is 8.13. The molecule has 0 radical (unpaired) electrons. The van der Waals surface area contributed by atoms with Gasteiger partial charge in [-0.15, -0.1) is 0 Å². The largest absolute Gasteiger partial charge is 0.417 e. The maximum absolute atomic E-state index is 14.8. The minimum absolute atomic E-state index is 0.0244. The predicted molar refractivity (Wildman–Crippen MR) is 229 cm³/mol. The van der Waals surface area contributed by atoms with Crippen molar-refractivity contribution in [2.45, 2.75) is 51.8 Å². The first-order valence-electron chi connectivity index (χ1n) is 21.3. The zero-order valence-corrected chi connectivity index (χ0v) is 33.7. The van der Waals surface area contributed by atoms with Gasteiger partial charge < -0.3 is 20.9 Å². The van der Waals surface area contributed by atoms with Gasteiger partial charge in [-0.1, -0.05) is 6.07 Å². The van der Waals surface area contributed by atoms with Crippen molar-refractivity contribution >= 4 is 80.9 Å². The van der Waals surface area contributed by atoms with Crippen molar-refractivity contribution in [1.29, 1.82) is 5.26 Å². The predicted octanol–water partition coefficient (Wildman–Crippen LogP) is 9.53. The Morgan fingerprint density at radius 3 is 2.02 bits per heavy atom. The fraction of sp³-hybridized carbons (Fsp3) is 0.238. The lowest BCUT2D eigenvalue weighted by Gasteiger charge is -2.29. The molecule has 0 spiro atoms. The smallest absolute Gasteiger partial charge is 0.355 e. The lowest BCUT2D eigenvalue weighted by Crippen LogP contribution is -2.44. The SMILES string of the molecule is N#Cc1ccc(N=C=S)cc1C(F)(F)F.[2H]C([2H])([2H])C(C)([N+]#[C-])Nc1ccc(C(=O)NC)c(F)c1.[2H]C([2H])([2H])C1(C([2H])([2H])[2H])C(=O)N(c2ccc([N+]#[C-])c(C)c2)C(=S)N1c1ccc(C(=O)NC)c(F)c1. The normalized spacial score (nSPS) is 16.4. The molecule has 61 heavy (non-hydrogen) atoms. The molecular formula is C42H36F5N9O3S2. The maximum atomic E-state index is 14.8. The highest BCUT2D eigenvalue weighted by Gasteiger charge is 2.50. The van der Waals surface area contributed by atoms with Crippen molar-refractivity contribution < 1.29 is 48.7 Å². The Morgan fingerprint density at radius 2 is 1.54 bits per heavy atom. The van der Waals surface area contributed by atoms with E-state index in [1.54, 1.807) is 6.92 Å². The number of anilines is 3. The molecule has 0 bridgehead atoms. The third-order valence-corrected chi connectivity index (χ3v) is 8.58. The number of thiocarbonyl (C=S) groups is 2. The van der Waals surface area contributed by atoms with Crippen molar-refractivity contribution in [2.24, 2.45) is 4.99 Å². The molecular weight excluding hydrogens is 838 g/mol. The number of nitriles is 1. The Morgan fingerprint density at radius 1 is 0.934 bits per heavy atom. The van der Waals surface area contributed by atoms with Gasteiger partial charge in [-0.05, 0) is 117 Å². The molecule has 4 aromatic rings. The van der Waals surface area contributed by atoms with Gasteiger partial charge in [0, 0.05) is 57.3 Å². The Bertz CT molecular complexity index is 2900. The highest BCUT2D eigenvalue weighted by atomic mass is 32.1. The minimum atomic E-state index is -4.57. The monoisotopic (exact) mass is 882 g/mol. The van der Waals surface area contributed by atoms with Gasteiger partial charge in [-0.2, -0.15) is 23.4 Å². The second kappa shape index (κ2) is 19.8. The Kier molecular flexibility index (Phi) is 11.6. The molecule has 1 heterocycles. The van der Waals surface area contributed by atoms with Crippen LogP contribution in [0.3, 0.4) is 0 Å². The molecule has 1 aliphatic heterocycles. The van der Waals surface area contributed by atoms with Crippen molar-refractivity contribution in [3.05, 3.63) is 135 Å². The van der Waals surface area contributed by atoms with Gasteiger partial charge in [0.15, 0.2) is 10.8 Å². The summed E-state index contributed by atoms with van der Waals surface area (Å²) in [7, 11) is 2.66. The quantitative estimate of drug-likeness (QED) is 0.0723. The highest BCUT2D eigenvalue weighted by molar-refractivity contribution is 7.81. The van der Waals surface area contributed by atoms with E-state index in [1.165, 1.54) is 63.5 Å². The zero-order valence-electron chi connectivity index (χ0n) is 41.0. The summed E-state index contributed by atoms with van der Waals surface area (Å²) in [5.41, 5.74) is -6.47. The number of carbonyl (C=O) groups is 3. The number of alkyl halides is 3. The summed E-state index contributed by atoms with van der Waals surface area (Å²) in [6.07, 6.45) is -4.57. The van der Waals surface area contributed by atoms with E-state index in [9.17, 15) is 36.3 Å². The fourth-order valence-corrected chi connectivity index (χ4v) is 5.73. The number of amides is 3. The van der Waals surface area contributed by atoms with Gasteiger partial charge in [0.1, 0.15) is 17.2 Å². The van der Waals surface area contributed by atoms with Crippen LogP contribution in [-0.2, 0) is 11.0 Å². The van der Waals surface area contributed by atoms with E-state index < -0.39 is 83.5 Å². The van der Waals surface area contributed by atoms with Crippen LogP contribution < -0.4 is 25.8 Å². The van der Waals surface area contributed by atoms with Gasteiger partial charge in [0.2, 0.25) is 0 Å². The number of aliphatic imine (C=N–C) groups is 1. The molecule has 0 aliphatic carbocycles. The number of rotatable bonds is 7. The van der Waals surface area contributed by atoms with Crippen LogP contribution in [0.5, 0.6) is 0 Å². The molecule has 1 saturated heterocycles. The summed E-state index contributed by atoms with van der Waals surface area (Å²) >= 11 is 9.68. The molecule has 3 N–H and O–H groups in total. The second-order valence-corrected chi connectivity index (χ2v) is 13.0. The van der Waals surface area contributed by atoms with Crippen LogP contribution in [0.25, 0.3) is 9.69 Å². The summed E-state index contributed by atoms with van der Waals surface area (Å²) < 4.78 is 136. The molecule has 1 atom stereocenters. The molecule has 314 valence electrons. The minimum Gasteiger partial charge on any atom is -0.355 e. The Hall–Kier alpha value is -7.10. The van der Waals surface area contributed by atoms with E-state index in [4.69, 9.17) is 43.0 Å². The zero-order chi connectivity index (χ0) is 53.5. The number of nitrogens with zero attached hydrogens (tertiary/aromatic N) is 6. The average Bonchev–Trinajstić information content (AvgIpc) is 3.52. The number of carbonyl (C=O) groups excluding carboxylic acids is 3. The molecule has 0 aromatic heterocycles. The van der Waals surface area contributed by atoms with Crippen molar-refractivity contribution in [3.8, 4) is 6.07 Å². The summed E-state index contributed by atoms with van der Waals surface area (Å²) in [5, 5.41) is 17.0. The summed E-state index contributed by atoms with van der Waals surface area (Å²) in [4.78, 5) is 48.2. The molecule has 12 nitrogen and oxygen atoms in total. The van der Waals surface area contributed by atoms with Crippen molar-refractivity contribution in [2.75, 3.05) is 29.2 Å². The van der Waals surface area contributed by atoms with E-state index in [1.807, 2.05) is 5.16 Å². The number of hydrogen-bond acceptors (Lipinski definition) is 8. The molecule has 1 fully saturated rings. The Balaban J connectivity index is 0.000000311. The van der Waals surface area contributed by atoms with Gasteiger partial charge in [-0.25, -0.2) is 20.2 Å². The van der Waals surface area contributed by atoms with Crippen molar-refractivity contribution in [3.63, 3.8) is 0 Å². The summed E-state index contributed by atoms with van der Waals surface area (Å²) in [5.74, 6) is -4.57. The maximum Gasteiger partial charge on any atom is 0.417 e. The van der Waals surface area contributed by atoms with Crippen LogP contribution in [0.1, 0.15) is 77.2 Å². The van der Waals surface area contributed by atoms with Crippen LogP contribution >= 0.6 is 24.4 Å². The molecule has 0 saturated carbocycles. The van der Waals surface area contributed by atoms with E-state index in [2.05, 4.69) is 42.9 Å². The first kappa shape index (κ1) is 35.8. The third kappa shape index (κ3) is 11.3. The van der Waals surface area contributed by atoms with Gasteiger partial charge >= 0.3 is 6.18 Å². The molecule has 19 heteroatoms. The number of benzene rings is 4. The summed E-state index contributed by atoms with van der Waals surface area (Å²) in [6, 6.07) is 15.2. The van der Waals surface area contributed by atoms with E-state index in [0.717, 1.165) is 41.3 Å².